The van der Waals surface area contributed by atoms with Crippen LogP contribution in [0.4, 0.5) is 5.82 Å². The predicted molar refractivity (Wildman–Crippen MR) is 94.6 cm³/mol. The van der Waals surface area contributed by atoms with Gasteiger partial charge in [0, 0.05) is 35.1 Å². The molecule has 1 aliphatic carbocycles. The van der Waals surface area contributed by atoms with Gasteiger partial charge < -0.3 is 5.32 Å². The molecule has 1 saturated heterocycles. The minimum atomic E-state index is 0.467. The number of rotatable bonds is 3. The standard InChI is InChI=1S/C16H25N3S2/c1-3-13-14(21-10-9-20-13)16-18-12-8-6-4-5-7-11(12)15(17-2)19-16/h13-14H,3-10H2,1-2H3,(H,17,18,19). The first kappa shape index (κ1) is 15.5. The van der Waals surface area contributed by atoms with Gasteiger partial charge in [-0.2, -0.15) is 11.8 Å². The van der Waals surface area contributed by atoms with E-state index in [9.17, 15) is 0 Å². The fraction of sp³-hybridized carbons (Fsp3) is 0.750. The number of thioether (sulfide) groups is 2. The number of nitrogens with one attached hydrogen (secondary N) is 1. The van der Waals surface area contributed by atoms with Crippen LogP contribution in [0.5, 0.6) is 0 Å². The molecule has 21 heavy (non-hydrogen) atoms. The highest BCUT2D eigenvalue weighted by Crippen LogP contribution is 2.43. The molecule has 2 atom stereocenters. The zero-order valence-corrected chi connectivity index (χ0v) is 14.7. The van der Waals surface area contributed by atoms with Gasteiger partial charge in [-0.1, -0.05) is 13.3 Å². The van der Waals surface area contributed by atoms with Crippen LogP contribution >= 0.6 is 23.5 Å². The number of nitrogens with zero attached hydrogens (tertiary/aromatic N) is 2. The Hall–Kier alpha value is -0.420. The van der Waals surface area contributed by atoms with Gasteiger partial charge in [-0.25, -0.2) is 9.97 Å². The van der Waals surface area contributed by atoms with E-state index in [1.54, 1.807) is 0 Å². The van der Waals surface area contributed by atoms with Gasteiger partial charge in [0.05, 0.1) is 5.25 Å². The summed E-state index contributed by atoms with van der Waals surface area (Å²) >= 11 is 4.15. The second-order valence-electron chi connectivity index (χ2n) is 5.78. The Kier molecular flexibility index (Phi) is 5.33. The molecule has 1 fully saturated rings. The van der Waals surface area contributed by atoms with Crippen molar-refractivity contribution in [2.75, 3.05) is 23.9 Å². The van der Waals surface area contributed by atoms with E-state index < -0.39 is 0 Å². The summed E-state index contributed by atoms with van der Waals surface area (Å²) in [6.07, 6.45) is 7.33. The van der Waals surface area contributed by atoms with Crippen molar-refractivity contribution in [2.24, 2.45) is 0 Å². The van der Waals surface area contributed by atoms with Crippen molar-refractivity contribution in [2.45, 2.75) is 55.9 Å². The number of aromatic nitrogens is 2. The third-order valence-corrected chi connectivity index (χ3v) is 7.64. The van der Waals surface area contributed by atoms with E-state index in [0.29, 0.717) is 10.5 Å². The Morgan fingerprint density at radius 1 is 1.10 bits per heavy atom. The molecule has 5 heteroatoms. The lowest BCUT2D eigenvalue weighted by molar-refractivity contribution is 0.705. The zero-order chi connectivity index (χ0) is 14.7. The highest BCUT2D eigenvalue weighted by Gasteiger charge is 2.30. The monoisotopic (exact) mass is 323 g/mol. The summed E-state index contributed by atoms with van der Waals surface area (Å²) in [7, 11) is 2.00. The topological polar surface area (TPSA) is 37.8 Å². The van der Waals surface area contributed by atoms with Gasteiger partial charge in [0.25, 0.3) is 0 Å². The Labute approximate surface area is 136 Å². The van der Waals surface area contributed by atoms with Crippen LogP contribution in [0.15, 0.2) is 0 Å². The van der Waals surface area contributed by atoms with E-state index in [-0.39, 0.29) is 0 Å². The maximum atomic E-state index is 5.02. The lowest BCUT2D eigenvalue weighted by atomic mass is 10.1. The van der Waals surface area contributed by atoms with E-state index in [2.05, 4.69) is 35.8 Å². The van der Waals surface area contributed by atoms with Gasteiger partial charge in [-0.15, -0.1) is 11.8 Å². The van der Waals surface area contributed by atoms with Crippen LogP contribution in [-0.4, -0.2) is 33.8 Å². The summed E-state index contributed by atoms with van der Waals surface area (Å²) in [5.41, 5.74) is 2.69. The first-order chi connectivity index (χ1) is 10.3. The molecule has 0 radical (unpaired) electrons. The van der Waals surface area contributed by atoms with Crippen LogP contribution in [0, 0.1) is 0 Å². The molecule has 2 aliphatic rings. The molecule has 116 valence electrons. The van der Waals surface area contributed by atoms with Gasteiger partial charge >= 0.3 is 0 Å². The van der Waals surface area contributed by atoms with Crippen molar-refractivity contribution >= 4 is 29.3 Å². The highest BCUT2D eigenvalue weighted by atomic mass is 32.2. The molecule has 2 unspecified atom stereocenters. The second-order valence-corrected chi connectivity index (χ2v) is 8.37. The summed E-state index contributed by atoms with van der Waals surface area (Å²) < 4.78 is 0. The Bertz CT molecular complexity index is 493. The largest absolute Gasteiger partial charge is 0.373 e. The second kappa shape index (κ2) is 7.23. The van der Waals surface area contributed by atoms with Gasteiger partial charge in [0.15, 0.2) is 0 Å². The molecule has 0 amide bonds. The molecule has 3 rings (SSSR count). The minimum absolute atomic E-state index is 0.467. The maximum absolute atomic E-state index is 5.02. The number of hydrogen-bond donors (Lipinski definition) is 1. The zero-order valence-electron chi connectivity index (χ0n) is 13.0. The van der Waals surface area contributed by atoms with E-state index in [1.807, 2.05) is 7.05 Å². The predicted octanol–water partition coefficient (Wildman–Crippen LogP) is 4.09. The van der Waals surface area contributed by atoms with E-state index >= 15 is 0 Å². The fourth-order valence-corrected chi connectivity index (χ4v) is 6.26. The molecule has 1 aromatic heterocycles. The average molecular weight is 324 g/mol. The van der Waals surface area contributed by atoms with Crippen LogP contribution in [0.1, 0.15) is 54.9 Å². The number of fused-ring (bicyclic) bond motifs is 1. The molecule has 0 saturated carbocycles. The van der Waals surface area contributed by atoms with Crippen LogP contribution in [0.2, 0.25) is 0 Å². The molecule has 0 aromatic carbocycles. The van der Waals surface area contributed by atoms with E-state index in [1.165, 1.54) is 48.4 Å². The van der Waals surface area contributed by atoms with Crippen molar-refractivity contribution in [3.63, 3.8) is 0 Å². The SMILES string of the molecule is CCC1SCCSC1c1nc2c(c(NC)n1)CCCCC2. The fourth-order valence-electron chi connectivity index (χ4n) is 3.27. The number of anilines is 1. The molecule has 1 aromatic rings. The Morgan fingerprint density at radius 3 is 2.71 bits per heavy atom. The summed E-state index contributed by atoms with van der Waals surface area (Å²) in [4.78, 5) is 9.93. The Balaban J connectivity index is 1.96. The van der Waals surface area contributed by atoms with Crippen molar-refractivity contribution in [1.82, 2.24) is 9.97 Å². The van der Waals surface area contributed by atoms with E-state index in [4.69, 9.17) is 9.97 Å². The molecule has 1 N–H and O–H groups in total. The van der Waals surface area contributed by atoms with Crippen molar-refractivity contribution < 1.29 is 0 Å². The summed E-state index contributed by atoms with van der Waals surface area (Å²) in [5, 5.41) is 4.46. The van der Waals surface area contributed by atoms with Gasteiger partial charge in [-0.05, 0) is 32.1 Å². The normalized spacial score (nSPS) is 26.0. The van der Waals surface area contributed by atoms with E-state index in [0.717, 1.165) is 24.5 Å². The first-order valence-electron chi connectivity index (χ1n) is 8.14. The van der Waals surface area contributed by atoms with Gasteiger partial charge in [0.1, 0.15) is 11.6 Å². The summed E-state index contributed by atoms with van der Waals surface area (Å²) in [6, 6.07) is 0. The quantitative estimate of drug-likeness (QED) is 0.848. The molecule has 0 bridgehead atoms. The van der Waals surface area contributed by atoms with Gasteiger partial charge in [0.2, 0.25) is 0 Å². The molecule has 2 heterocycles. The number of hydrogen-bond acceptors (Lipinski definition) is 5. The molecule has 3 nitrogen and oxygen atoms in total. The van der Waals surface area contributed by atoms with Crippen LogP contribution in [0.3, 0.4) is 0 Å². The highest BCUT2D eigenvalue weighted by molar-refractivity contribution is 8.06. The van der Waals surface area contributed by atoms with Crippen molar-refractivity contribution in [3.05, 3.63) is 17.1 Å². The van der Waals surface area contributed by atoms with Crippen LogP contribution in [-0.2, 0) is 12.8 Å². The molecular weight excluding hydrogens is 298 g/mol. The lowest BCUT2D eigenvalue weighted by Crippen LogP contribution is -2.22. The molecular formula is C16H25N3S2. The lowest BCUT2D eigenvalue weighted by Gasteiger charge is -2.29. The maximum Gasteiger partial charge on any atom is 0.145 e. The summed E-state index contributed by atoms with van der Waals surface area (Å²) in [6.45, 7) is 2.29. The van der Waals surface area contributed by atoms with Gasteiger partial charge in [-0.3, -0.25) is 0 Å². The van der Waals surface area contributed by atoms with Crippen molar-refractivity contribution in [3.8, 4) is 0 Å². The smallest absolute Gasteiger partial charge is 0.145 e. The third-order valence-electron chi connectivity index (χ3n) is 4.39. The Morgan fingerprint density at radius 2 is 1.90 bits per heavy atom. The molecule has 1 aliphatic heterocycles. The molecule has 0 spiro atoms. The minimum Gasteiger partial charge on any atom is -0.373 e. The summed E-state index contributed by atoms with van der Waals surface area (Å²) in [5.74, 6) is 4.65. The first-order valence-corrected chi connectivity index (χ1v) is 10.2. The van der Waals surface area contributed by atoms with Crippen LogP contribution < -0.4 is 5.32 Å². The average Bonchev–Trinajstić information content (AvgIpc) is 2.79. The number of aryl methyl sites for hydroxylation is 1. The third kappa shape index (κ3) is 3.34. The van der Waals surface area contributed by atoms with Crippen LogP contribution in [0.25, 0.3) is 0 Å². The van der Waals surface area contributed by atoms with Crippen molar-refractivity contribution in [1.29, 1.82) is 0 Å².